The summed E-state index contributed by atoms with van der Waals surface area (Å²) in [6.45, 7) is 0. The molecule has 108 valence electrons. The van der Waals surface area contributed by atoms with Gasteiger partial charge in [-0.1, -0.05) is 18.2 Å². The summed E-state index contributed by atoms with van der Waals surface area (Å²) in [4.78, 5) is 0. The average Bonchev–Trinajstić information content (AvgIpc) is 2.41. The van der Waals surface area contributed by atoms with Gasteiger partial charge in [-0.05, 0) is 37.3 Å². The molecule has 1 fully saturated rings. The number of nitriles is 1. The summed E-state index contributed by atoms with van der Waals surface area (Å²) >= 11 is 0. The number of aliphatic hydroxyl groups excluding tert-OH is 1. The molecular formula is C14H18N2O3S. The van der Waals surface area contributed by atoms with Gasteiger partial charge in [0.25, 0.3) is 0 Å². The molecule has 1 aliphatic carbocycles. The molecular weight excluding hydrogens is 276 g/mol. The minimum absolute atomic E-state index is 0.113. The first-order valence-electron chi connectivity index (χ1n) is 6.66. The van der Waals surface area contributed by atoms with E-state index in [2.05, 4.69) is 4.72 Å². The predicted octanol–water partition coefficient (Wildman–Crippen LogP) is 1.28. The summed E-state index contributed by atoms with van der Waals surface area (Å²) in [5.74, 6) is -0.185. The topological polar surface area (TPSA) is 90.2 Å². The molecule has 1 aromatic rings. The van der Waals surface area contributed by atoms with Crippen molar-refractivity contribution in [3.63, 3.8) is 0 Å². The van der Waals surface area contributed by atoms with Crippen LogP contribution in [0.25, 0.3) is 0 Å². The molecule has 6 heteroatoms. The molecule has 0 radical (unpaired) electrons. The maximum Gasteiger partial charge on any atom is 0.216 e. The van der Waals surface area contributed by atoms with E-state index in [0.29, 0.717) is 36.8 Å². The third kappa shape index (κ3) is 4.04. The molecule has 0 aliphatic heterocycles. The Morgan fingerprint density at radius 1 is 1.25 bits per heavy atom. The van der Waals surface area contributed by atoms with E-state index in [1.54, 1.807) is 24.3 Å². The van der Waals surface area contributed by atoms with Gasteiger partial charge in [0.05, 0.1) is 23.5 Å². The summed E-state index contributed by atoms with van der Waals surface area (Å²) in [6, 6.07) is 8.59. The van der Waals surface area contributed by atoms with Crippen molar-refractivity contribution in [2.45, 2.75) is 43.6 Å². The van der Waals surface area contributed by atoms with Crippen molar-refractivity contribution in [1.82, 2.24) is 4.72 Å². The minimum atomic E-state index is -3.47. The predicted molar refractivity (Wildman–Crippen MR) is 75.2 cm³/mol. The normalized spacial score (nSPS) is 23.2. The van der Waals surface area contributed by atoms with Crippen molar-refractivity contribution in [3.8, 4) is 6.07 Å². The van der Waals surface area contributed by atoms with Gasteiger partial charge >= 0.3 is 0 Å². The highest BCUT2D eigenvalue weighted by Gasteiger charge is 2.24. The molecule has 5 nitrogen and oxygen atoms in total. The smallest absolute Gasteiger partial charge is 0.216 e. The van der Waals surface area contributed by atoms with E-state index in [1.165, 1.54) is 0 Å². The molecule has 1 saturated carbocycles. The largest absolute Gasteiger partial charge is 0.393 e. The standard InChI is InChI=1S/C14H18N2O3S/c15-9-11-3-1-2-4-12(11)10-20(18,19)16-13-5-7-14(17)8-6-13/h1-4,13-14,16-17H,5-8,10H2. The Morgan fingerprint density at radius 2 is 1.90 bits per heavy atom. The van der Waals surface area contributed by atoms with Crippen LogP contribution < -0.4 is 4.72 Å². The maximum atomic E-state index is 12.1. The summed E-state index contributed by atoms with van der Waals surface area (Å²) in [5, 5.41) is 18.4. The van der Waals surface area contributed by atoms with Gasteiger partial charge in [-0.2, -0.15) is 5.26 Å². The van der Waals surface area contributed by atoms with E-state index in [1.807, 2.05) is 6.07 Å². The quantitative estimate of drug-likeness (QED) is 0.875. The van der Waals surface area contributed by atoms with Crippen LogP contribution in [-0.4, -0.2) is 25.7 Å². The van der Waals surface area contributed by atoms with Crippen LogP contribution in [0.2, 0.25) is 0 Å². The summed E-state index contributed by atoms with van der Waals surface area (Å²) in [5.41, 5.74) is 0.898. The second-order valence-corrected chi connectivity index (χ2v) is 6.91. The van der Waals surface area contributed by atoms with Crippen LogP contribution in [0.15, 0.2) is 24.3 Å². The van der Waals surface area contributed by atoms with Gasteiger partial charge in [-0.3, -0.25) is 0 Å². The highest BCUT2D eigenvalue weighted by Crippen LogP contribution is 2.20. The van der Waals surface area contributed by atoms with Crippen LogP contribution in [0, 0.1) is 11.3 Å². The summed E-state index contributed by atoms with van der Waals surface area (Å²) < 4.78 is 26.9. The Bertz CT molecular complexity index is 599. The van der Waals surface area contributed by atoms with Gasteiger partial charge in [0.15, 0.2) is 0 Å². The Morgan fingerprint density at radius 3 is 2.55 bits per heavy atom. The molecule has 0 amide bonds. The molecule has 2 N–H and O–H groups in total. The van der Waals surface area contributed by atoms with Crippen molar-refractivity contribution in [2.75, 3.05) is 0 Å². The SMILES string of the molecule is N#Cc1ccccc1CS(=O)(=O)NC1CCC(O)CC1. The number of hydrogen-bond donors (Lipinski definition) is 2. The van der Waals surface area contributed by atoms with Crippen molar-refractivity contribution in [3.05, 3.63) is 35.4 Å². The molecule has 0 heterocycles. The van der Waals surface area contributed by atoms with E-state index < -0.39 is 10.0 Å². The number of hydrogen-bond acceptors (Lipinski definition) is 4. The first-order chi connectivity index (χ1) is 9.50. The van der Waals surface area contributed by atoms with Crippen LogP contribution in [0.3, 0.4) is 0 Å². The zero-order valence-electron chi connectivity index (χ0n) is 11.1. The molecule has 0 aromatic heterocycles. The summed E-state index contributed by atoms with van der Waals surface area (Å²) in [7, 11) is -3.47. The van der Waals surface area contributed by atoms with E-state index >= 15 is 0 Å². The van der Waals surface area contributed by atoms with Crippen molar-refractivity contribution in [1.29, 1.82) is 5.26 Å². The first kappa shape index (κ1) is 15.0. The molecule has 1 aliphatic rings. The van der Waals surface area contributed by atoms with E-state index in [0.717, 1.165) is 0 Å². The van der Waals surface area contributed by atoms with Crippen molar-refractivity contribution < 1.29 is 13.5 Å². The highest BCUT2D eigenvalue weighted by molar-refractivity contribution is 7.88. The molecule has 0 bridgehead atoms. The lowest BCUT2D eigenvalue weighted by molar-refractivity contribution is 0.120. The van der Waals surface area contributed by atoms with Gasteiger partial charge in [0, 0.05) is 6.04 Å². The van der Waals surface area contributed by atoms with Gasteiger partial charge in [-0.15, -0.1) is 0 Å². The fourth-order valence-electron chi connectivity index (χ4n) is 2.45. The first-order valence-corrected chi connectivity index (χ1v) is 8.31. The van der Waals surface area contributed by atoms with Crippen LogP contribution in [-0.2, 0) is 15.8 Å². The summed E-state index contributed by atoms with van der Waals surface area (Å²) in [6.07, 6.45) is 2.25. The van der Waals surface area contributed by atoms with E-state index in [9.17, 15) is 13.5 Å². The van der Waals surface area contributed by atoms with Gasteiger partial charge < -0.3 is 5.11 Å². The molecule has 0 spiro atoms. The zero-order chi connectivity index (χ0) is 14.6. The number of aliphatic hydroxyl groups is 1. The molecule has 20 heavy (non-hydrogen) atoms. The van der Waals surface area contributed by atoms with Crippen LogP contribution in [0.1, 0.15) is 36.8 Å². The lowest BCUT2D eigenvalue weighted by atomic mass is 9.94. The fourth-order valence-corrected chi connectivity index (χ4v) is 3.94. The van der Waals surface area contributed by atoms with Crippen LogP contribution in [0.5, 0.6) is 0 Å². The second kappa shape index (κ2) is 6.35. The number of rotatable bonds is 4. The number of nitrogens with zero attached hydrogens (tertiary/aromatic N) is 1. The third-order valence-corrected chi connectivity index (χ3v) is 4.91. The van der Waals surface area contributed by atoms with Gasteiger partial charge in [0.2, 0.25) is 10.0 Å². The van der Waals surface area contributed by atoms with E-state index in [-0.39, 0.29) is 17.9 Å². The minimum Gasteiger partial charge on any atom is -0.393 e. The highest BCUT2D eigenvalue weighted by atomic mass is 32.2. The Hall–Kier alpha value is -1.42. The molecule has 2 rings (SSSR count). The Labute approximate surface area is 119 Å². The van der Waals surface area contributed by atoms with Crippen molar-refractivity contribution in [2.24, 2.45) is 0 Å². The Kier molecular flexibility index (Phi) is 4.76. The van der Waals surface area contributed by atoms with Crippen LogP contribution in [0.4, 0.5) is 0 Å². The maximum absolute atomic E-state index is 12.1. The van der Waals surface area contributed by atoms with Gasteiger partial charge in [-0.25, -0.2) is 13.1 Å². The second-order valence-electron chi connectivity index (χ2n) is 5.15. The lowest BCUT2D eigenvalue weighted by Crippen LogP contribution is -2.39. The Balaban J connectivity index is 2.03. The van der Waals surface area contributed by atoms with Crippen molar-refractivity contribution >= 4 is 10.0 Å². The zero-order valence-corrected chi connectivity index (χ0v) is 11.9. The molecule has 0 atom stereocenters. The fraction of sp³-hybridized carbons (Fsp3) is 0.500. The monoisotopic (exact) mass is 294 g/mol. The molecule has 0 unspecified atom stereocenters. The number of nitrogens with one attached hydrogen (secondary N) is 1. The lowest BCUT2D eigenvalue weighted by Gasteiger charge is -2.26. The van der Waals surface area contributed by atoms with Crippen LogP contribution >= 0.6 is 0 Å². The molecule has 0 saturated heterocycles. The number of benzene rings is 1. The number of sulfonamides is 1. The third-order valence-electron chi connectivity index (χ3n) is 3.53. The van der Waals surface area contributed by atoms with Gasteiger partial charge in [0.1, 0.15) is 0 Å². The van der Waals surface area contributed by atoms with E-state index in [4.69, 9.17) is 5.26 Å². The molecule has 1 aromatic carbocycles. The average molecular weight is 294 g/mol.